The van der Waals surface area contributed by atoms with Gasteiger partial charge in [-0.25, -0.2) is 13.4 Å². The molecule has 0 radical (unpaired) electrons. The fourth-order valence-electron chi connectivity index (χ4n) is 3.46. The molecule has 186 valence electrons. The Morgan fingerprint density at radius 1 is 1.09 bits per heavy atom. The highest BCUT2D eigenvalue weighted by Crippen LogP contribution is 2.29. The average molecular weight is 489 g/mol. The molecule has 0 saturated heterocycles. The molecule has 1 aliphatic carbocycles. The van der Waals surface area contributed by atoms with Gasteiger partial charge in [0, 0.05) is 38.1 Å². The molecule has 9 nitrogen and oxygen atoms in total. The molecule has 0 spiro atoms. The SMILES string of the molecule is CCCCNc1ncc(C(=O)Nc2ccc(S(=O)(=O)N(CC)CCC)cc2)c(NCC2CC2)n1. The highest BCUT2D eigenvalue weighted by Gasteiger charge is 2.24. The monoisotopic (exact) mass is 488 g/mol. The Kier molecular flexibility index (Phi) is 9.23. The maximum atomic E-state index is 13.0. The van der Waals surface area contributed by atoms with Gasteiger partial charge in [-0.3, -0.25) is 4.79 Å². The second-order valence-corrected chi connectivity index (χ2v) is 10.5. The van der Waals surface area contributed by atoms with Crippen molar-refractivity contribution in [2.24, 2.45) is 5.92 Å². The van der Waals surface area contributed by atoms with Crippen LogP contribution in [0.25, 0.3) is 0 Å². The molecular formula is C24H36N6O3S. The topological polar surface area (TPSA) is 116 Å². The van der Waals surface area contributed by atoms with Crippen LogP contribution in [0.5, 0.6) is 0 Å². The standard InChI is InChI=1S/C24H36N6O3S/c1-4-7-14-25-24-27-17-21(22(29-24)26-16-18-8-9-18)23(31)28-19-10-12-20(13-11-19)34(32,33)30(6-3)15-5-2/h10-13,17-18H,4-9,14-16H2,1-3H3,(H,28,31)(H2,25,26,27,29). The molecule has 3 N–H and O–H groups in total. The maximum absolute atomic E-state index is 13.0. The zero-order valence-electron chi connectivity index (χ0n) is 20.3. The summed E-state index contributed by atoms with van der Waals surface area (Å²) >= 11 is 0. The Morgan fingerprint density at radius 2 is 1.82 bits per heavy atom. The Labute approximate surface area is 202 Å². The molecule has 0 atom stereocenters. The van der Waals surface area contributed by atoms with E-state index in [0.717, 1.165) is 32.4 Å². The average Bonchev–Trinajstić information content (AvgIpc) is 3.66. The van der Waals surface area contributed by atoms with Crippen molar-refractivity contribution >= 4 is 33.4 Å². The number of sulfonamides is 1. The normalized spacial score (nSPS) is 13.6. The lowest BCUT2D eigenvalue weighted by atomic mass is 10.2. The highest BCUT2D eigenvalue weighted by atomic mass is 32.2. The van der Waals surface area contributed by atoms with Crippen molar-refractivity contribution in [2.45, 2.75) is 57.8 Å². The van der Waals surface area contributed by atoms with Crippen LogP contribution < -0.4 is 16.0 Å². The van der Waals surface area contributed by atoms with E-state index >= 15 is 0 Å². The van der Waals surface area contributed by atoms with E-state index in [1.165, 1.54) is 35.5 Å². The largest absolute Gasteiger partial charge is 0.369 e. The van der Waals surface area contributed by atoms with Crippen LogP contribution in [0.3, 0.4) is 0 Å². The number of hydrogen-bond donors (Lipinski definition) is 3. The number of benzene rings is 1. The fourth-order valence-corrected chi connectivity index (χ4v) is 5.00. The molecule has 1 heterocycles. The number of nitrogens with zero attached hydrogens (tertiary/aromatic N) is 3. The minimum atomic E-state index is -3.56. The summed E-state index contributed by atoms with van der Waals surface area (Å²) in [5.74, 6) is 1.25. The first kappa shape index (κ1) is 25.9. The summed E-state index contributed by atoms with van der Waals surface area (Å²) in [7, 11) is -3.56. The zero-order valence-corrected chi connectivity index (χ0v) is 21.1. The van der Waals surface area contributed by atoms with E-state index in [9.17, 15) is 13.2 Å². The Balaban J connectivity index is 1.73. The van der Waals surface area contributed by atoms with E-state index in [1.807, 2.05) is 13.8 Å². The van der Waals surface area contributed by atoms with Crippen molar-refractivity contribution < 1.29 is 13.2 Å². The third-order valence-corrected chi connectivity index (χ3v) is 7.67. The van der Waals surface area contributed by atoms with E-state index in [0.29, 0.717) is 42.0 Å². The van der Waals surface area contributed by atoms with Crippen LogP contribution in [-0.2, 0) is 10.0 Å². The van der Waals surface area contributed by atoms with Crippen LogP contribution in [0.2, 0.25) is 0 Å². The summed E-state index contributed by atoms with van der Waals surface area (Å²) in [6.07, 6.45) is 6.71. The quantitative estimate of drug-likeness (QED) is 0.342. The second kappa shape index (κ2) is 12.1. The van der Waals surface area contributed by atoms with Crippen molar-refractivity contribution in [3.8, 4) is 0 Å². The summed E-state index contributed by atoms with van der Waals surface area (Å²) in [6.45, 7) is 8.31. The molecule has 34 heavy (non-hydrogen) atoms. The lowest BCUT2D eigenvalue weighted by Gasteiger charge is -2.19. The maximum Gasteiger partial charge on any atom is 0.260 e. The van der Waals surface area contributed by atoms with Crippen molar-refractivity contribution in [3.63, 3.8) is 0 Å². The fraction of sp³-hybridized carbons (Fsp3) is 0.542. The number of rotatable bonds is 14. The van der Waals surface area contributed by atoms with Crippen LogP contribution in [0.4, 0.5) is 17.5 Å². The molecule has 1 amide bonds. The van der Waals surface area contributed by atoms with Crippen molar-refractivity contribution in [2.75, 3.05) is 42.1 Å². The number of aromatic nitrogens is 2. The number of hydrogen-bond acceptors (Lipinski definition) is 7. The van der Waals surface area contributed by atoms with Gasteiger partial charge in [0.1, 0.15) is 11.4 Å². The van der Waals surface area contributed by atoms with Gasteiger partial charge in [0.2, 0.25) is 16.0 Å². The summed E-state index contributed by atoms with van der Waals surface area (Å²) in [4.78, 5) is 22.0. The van der Waals surface area contributed by atoms with E-state index in [2.05, 4.69) is 32.8 Å². The van der Waals surface area contributed by atoms with Crippen molar-refractivity contribution in [1.82, 2.24) is 14.3 Å². The minimum absolute atomic E-state index is 0.207. The molecule has 10 heteroatoms. The second-order valence-electron chi connectivity index (χ2n) is 8.54. The van der Waals surface area contributed by atoms with Crippen molar-refractivity contribution in [1.29, 1.82) is 0 Å². The predicted octanol–water partition coefficient (Wildman–Crippen LogP) is 4.18. The highest BCUT2D eigenvalue weighted by molar-refractivity contribution is 7.89. The van der Waals surface area contributed by atoms with Crippen LogP contribution in [0.15, 0.2) is 35.4 Å². The van der Waals surface area contributed by atoms with Crippen LogP contribution in [0, 0.1) is 5.92 Å². The minimum Gasteiger partial charge on any atom is -0.369 e. The number of unbranched alkanes of at least 4 members (excludes halogenated alkanes) is 1. The van der Waals surface area contributed by atoms with Gasteiger partial charge in [0.25, 0.3) is 5.91 Å². The summed E-state index contributed by atoms with van der Waals surface area (Å²) < 4.78 is 27.1. The summed E-state index contributed by atoms with van der Waals surface area (Å²) in [5.41, 5.74) is 0.847. The number of anilines is 3. The Bertz CT molecular complexity index is 1050. The smallest absolute Gasteiger partial charge is 0.260 e. The van der Waals surface area contributed by atoms with Crippen LogP contribution in [-0.4, -0.2) is 54.8 Å². The molecule has 1 fully saturated rings. The van der Waals surface area contributed by atoms with Gasteiger partial charge in [-0.15, -0.1) is 0 Å². The lowest BCUT2D eigenvalue weighted by Crippen LogP contribution is -2.31. The van der Waals surface area contributed by atoms with Gasteiger partial charge in [-0.1, -0.05) is 27.2 Å². The molecule has 1 aliphatic rings. The van der Waals surface area contributed by atoms with E-state index in [4.69, 9.17) is 0 Å². The Morgan fingerprint density at radius 3 is 2.44 bits per heavy atom. The number of amides is 1. The van der Waals surface area contributed by atoms with Crippen LogP contribution in [0.1, 0.15) is 63.2 Å². The molecule has 1 saturated carbocycles. The Hall–Kier alpha value is -2.72. The third kappa shape index (κ3) is 6.89. The molecule has 1 aromatic carbocycles. The molecule has 1 aromatic heterocycles. The first-order chi connectivity index (χ1) is 16.4. The molecule has 2 aromatic rings. The van der Waals surface area contributed by atoms with Gasteiger partial charge in [-0.05, 0) is 55.9 Å². The van der Waals surface area contributed by atoms with Gasteiger partial charge in [0.15, 0.2) is 0 Å². The van der Waals surface area contributed by atoms with Gasteiger partial charge in [-0.2, -0.15) is 9.29 Å². The van der Waals surface area contributed by atoms with E-state index < -0.39 is 10.0 Å². The number of nitrogens with one attached hydrogen (secondary N) is 3. The zero-order chi connectivity index (χ0) is 24.6. The summed E-state index contributed by atoms with van der Waals surface area (Å²) in [5, 5.41) is 9.32. The lowest BCUT2D eigenvalue weighted by molar-refractivity contribution is 0.102. The molecule has 0 unspecified atom stereocenters. The van der Waals surface area contributed by atoms with E-state index in [-0.39, 0.29) is 10.8 Å². The first-order valence-corrected chi connectivity index (χ1v) is 13.6. The molecule has 0 aliphatic heterocycles. The number of carbonyl (C=O) groups is 1. The molecule has 3 rings (SSSR count). The first-order valence-electron chi connectivity index (χ1n) is 12.1. The third-order valence-electron chi connectivity index (χ3n) is 5.68. The van der Waals surface area contributed by atoms with E-state index in [1.54, 1.807) is 12.1 Å². The predicted molar refractivity (Wildman–Crippen MR) is 136 cm³/mol. The van der Waals surface area contributed by atoms with Gasteiger partial charge < -0.3 is 16.0 Å². The van der Waals surface area contributed by atoms with Gasteiger partial charge in [0.05, 0.1) is 4.90 Å². The molecular weight excluding hydrogens is 452 g/mol. The van der Waals surface area contributed by atoms with Crippen LogP contribution >= 0.6 is 0 Å². The van der Waals surface area contributed by atoms with Crippen molar-refractivity contribution in [3.05, 3.63) is 36.0 Å². The molecule has 0 bridgehead atoms. The number of carbonyl (C=O) groups excluding carboxylic acids is 1. The summed E-state index contributed by atoms with van der Waals surface area (Å²) in [6, 6.07) is 6.24. The van der Waals surface area contributed by atoms with Gasteiger partial charge >= 0.3 is 0 Å².